The Balaban J connectivity index is 1.60. The van der Waals surface area contributed by atoms with E-state index in [2.05, 4.69) is 11.4 Å². The fraction of sp³-hybridized carbons (Fsp3) is 0.516. The Labute approximate surface area is 231 Å². The minimum Gasteiger partial charge on any atom is -0.496 e. The maximum atomic E-state index is 14.1. The maximum absolute atomic E-state index is 14.1. The smallest absolute Gasteiger partial charge is 0.410 e. The van der Waals surface area contributed by atoms with Gasteiger partial charge in [0.1, 0.15) is 23.4 Å². The molecule has 0 unspecified atom stereocenters. The predicted octanol–water partition coefficient (Wildman–Crippen LogP) is 4.79. The first-order chi connectivity index (χ1) is 18.5. The molecular formula is C31H41N3O5. The molecule has 0 fully saturated rings. The van der Waals surface area contributed by atoms with Gasteiger partial charge in [-0.1, -0.05) is 24.3 Å². The van der Waals surface area contributed by atoms with E-state index in [1.807, 2.05) is 30.3 Å². The highest BCUT2D eigenvalue weighted by Gasteiger charge is 2.35. The lowest BCUT2D eigenvalue weighted by atomic mass is 9.87. The van der Waals surface area contributed by atoms with Crippen LogP contribution in [-0.2, 0) is 40.1 Å². The average molecular weight is 536 g/mol. The van der Waals surface area contributed by atoms with E-state index in [9.17, 15) is 14.4 Å². The second-order valence-electron chi connectivity index (χ2n) is 11.5. The number of ether oxygens (including phenoxy) is 2. The van der Waals surface area contributed by atoms with Crippen molar-refractivity contribution in [2.75, 3.05) is 19.1 Å². The summed E-state index contributed by atoms with van der Waals surface area (Å²) in [5, 5.41) is 2.94. The van der Waals surface area contributed by atoms with Crippen molar-refractivity contribution in [3.05, 3.63) is 58.7 Å². The van der Waals surface area contributed by atoms with Gasteiger partial charge in [-0.3, -0.25) is 14.5 Å². The van der Waals surface area contributed by atoms with Crippen molar-refractivity contribution in [2.24, 2.45) is 0 Å². The fourth-order valence-corrected chi connectivity index (χ4v) is 5.38. The zero-order valence-electron chi connectivity index (χ0n) is 24.0. The lowest BCUT2D eigenvalue weighted by Gasteiger charge is -2.31. The van der Waals surface area contributed by atoms with E-state index < -0.39 is 29.7 Å². The third kappa shape index (κ3) is 6.37. The predicted molar refractivity (Wildman–Crippen MR) is 151 cm³/mol. The van der Waals surface area contributed by atoms with Crippen molar-refractivity contribution in [2.45, 2.75) is 90.4 Å². The van der Waals surface area contributed by atoms with E-state index in [0.717, 1.165) is 48.2 Å². The van der Waals surface area contributed by atoms with E-state index in [1.54, 1.807) is 39.7 Å². The standard InChI is InChI=1S/C31H41N3O5/c1-20(33(5)30(37)39-31(2,3)4)28(35)32-25-17-15-22-12-8-10-14-26(22)34(29(25)36)19-24-23-13-9-7-11-21(23)16-18-27(24)38-6/h8,10,12,14,16,18,20,25H,7,9,11,13,15,17,19H2,1-6H3,(H,32,35)/t20-,25-/m0/s1. The quantitative estimate of drug-likeness (QED) is 0.575. The summed E-state index contributed by atoms with van der Waals surface area (Å²) in [4.78, 5) is 42.9. The zero-order chi connectivity index (χ0) is 28.3. The van der Waals surface area contributed by atoms with Crippen LogP contribution >= 0.6 is 0 Å². The molecule has 8 heteroatoms. The van der Waals surface area contributed by atoms with Crippen molar-refractivity contribution in [1.82, 2.24) is 10.2 Å². The van der Waals surface area contributed by atoms with E-state index in [4.69, 9.17) is 9.47 Å². The molecule has 1 heterocycles. The topological polar surface area (TPSA) is 88.2 Å². The molecule has 1 aliphatic carbocycles. The number of anilines is 1. The molecule has 1 aliphatic heterocycles. The van der Waals surface area contributed by atoms with Gasteiger partial charge in [-0.25, -0.2) is 4.79 Å². The number of hydrogen-bond acceptors (Lipinski definition) is 5. The molecule has 0 spiro atoms. The molecule has 0 aromatic heterocycles. The Morgan fingerprint density at radius 3 is 2.51 bits per heavy atom. The second kappa shape index (κ2) is 11.7. The number of rotatable bonds is 6. The molecule has 0 saturated carbocycles. The third-order valence-electron chi connectivity index (χ3n) is 7.65. The lowest BCUT2D eigenvalue weighted by Crippen LogP contribution is -2.54. The molecule has 8 nitrogen and oxygen atoms in total. The number of likely N-dealkylation sites (N-methyl/N-ethyl adjacent to an activating group) is 1. The zero-order valence-corrected chi connectivity index (χ0v) is 24.0. The molecule has 0 radical (unpaired) electrons. The number of benzene rings is 2. The molecule has 0 saturated heterocycles. The van der Waals surface area contributed by atoms with Crippen LogP contribution in [0.5, 0.6) is 5.75 Å². The van der Waals surface area contributed by atoms with Gasteiger partial charge in [-0.15, -0.1) is 0 Å². The number of carbonyl (C=O) groups excluding carboxylic acids is 3. The summed E-state index contributed by atoms with van der Waals surface area (Å²) in [5.41, 5.74) is 4.85. The fourth-order valence-electron chi connectivity index (χ4n) is 5.38. The molecule has 1 N–H and O–H groups in total. The van der Waals surface area contributed by atoms with Crippen LogP contribution in [0.4, 0.5) is 10.5 Å². The van der Waals surface area contributed by atoms with Gasteiger partial charge in [0, 0.05) is 18.3 Å². The van der Waals surface area contributed by atoms with Gasteiger partial charge in [0.25, 0.3) is 0 Å². The number of aryl methyl sites for hydroxylation is 2. The molecule has 39 heavy (non-hydrogen) atoms. The van der Waals surface area contributed by atoms with Gasteiger partial charge in [0.05, 0.1) is 13.7 Å². The molecule has 2 aromatic carbocycles. The SMILES string of the molecule is COc1ccc2c(c1CN1C(=O)[C@@H](NC(=O)[C@H](C)N(C)C(=O)OC(C)(C)C)CCc3ccccc31)CCCC2. The number of para-hydroxylation sites is 1. The number of nitrogens with one attached hydrogen (secondary N) is 1. The van der Waals surface area contributed by atoms with Crippen LogP contribution in [0.1, 0.15) is 69.2 Å². The highest BCUT2D eigenvalue weighted by molar-refractivity contribution is 6.01. The number of amides is 3. The van der Waals surface area contributed by atoms with Crippen LogP contribution in [0.2, 0.25) is 0 Å². The minimum absolute atomic E-state index is 0.170. The lowest BCUT2D eigenvalue weighted by molar-refractivity contribution is -0.130. The summed E-state index contributed by atoms with van der Waals surface area (Å²) in [5.74, 6) is 0.205. The van der Waals surface area contributed by atoms with Crippen molar-refractivity contribution in [3.8, 4) is 5.75 Å². The Hall–Kier alpha value is -3.55. The third-order valence-corrected chi connectivity index (χ3v) is 7.65. The van der Waals surface area contributed by atoms with Gasteiger partial charge in [0.15, 0.2) is 0 Å². The molecule has 210 valence electrons. The summed E-state index contributed by atoms with van der Waals surface area (Å²) >= 11 is 0. The number of nitrogens with zero attached hydrogens (tertiary/aromatic N) is 2. The van der Waals surface area contributed by atoms with E-state index in [1.165, 1.54) is 23.1 Å². The summed E-state index contributed by atoms with van der Waals surface area (Å²) in [6.45, 7) is 7.33. The molecule has 3 amide bonds. The van der Waals surface area contributed by atoms with E-state index in [-0.39, 0.29) is 5.91 Å². The summed E-state index contributed by atoms with van der Waals surface area (Å²) < 4.78 is 11.2. The highest BCUT2D eigenvalue weighted by Crippen LogP contribution is 2.35. The van der Waals surface area contributed by atoms with Crippen molar-refractivity contribution in [3.63, 3.8) is 0 Å². The van der Waals surface area contributed by atoms with Crippen molar-refractivity contribution >= 4 is 23.6 Å². The Morgan fingerprint density at radius 1 is 1.08 bits per heavy atom. The number of fused-ring (bicyclic) bond motifs is 2. The van der Waals surface area contributed by atoms with Crippen molar-refractivity contribution in [1.29, 1.82) is 0 Å². The van der Waals surface area contributed by atoms with Gasteiger partial charge < -0.3 is 19.7 Å². The first-order valence-electron chi connectivity index (χ1n) is 13.8. The molecule has 2 aliphatic rings. The van der Waals surface area contributed by atoms with Crippen molar-refractivity contribution < 1.29 is 23.9 Å². The van der Waals surface area contributed by atoms with Gasteiger partial charge in [0.2, 0.25) is 11.8 Å². The maximum Gasteiger partial charge on any atom is 0.410 e. The Kier molecular flexibility index (Phi) is 8.52. The molecular weight excluding hydrogens is 494 g/mol. The summed E-state index contributed by atoms with van der Waals surface area (Å²) in [7, 11) is 3.19. The van der Waals surface area contributed by atoms with Crippen LogP contribution in [0, 0.1) is 0 Å². The molecule has 2 aromatic rings. The number of methoxy groups -OCH3 is 1. The van der Waals surface area contributed by atoms with E-state index >= 15 is 0 Å². The molecule has 4 rings (SSSR count). The van der Waals surface area contributed by atoms with Gasteiger partial charge in [-0.05, 0) is 95.0 Å². The average Bonchev–Trinajstić information content (AvgIpc) is 3.03. The Bertz CT molecular complexity index is 1240. The second-order valence-corrected chi connectivity index (χ2v) is 11.5. The monoisotopic (exact) mass is 535 g/mol. The van der Waals surface area contributed by atoms with Crippen LogP contribution in [0.3, 0.4) is 0 Å². The van der Waals surface area contributed by atoms with Gasteiger partial charge in [-0.2, -0.15) is 0 Å². The summed E-state index contributed by atoms with van der Waals surface area (Å²) in [6.07, 6.45) is 4.77. The molecule has 2 atom stereocenters. The minimum atomic E-state index is -0.812. The normalized spacial score (nSPS) is 17.8. The number of carbonyl (C=O) groups is 3. The number of hydrogen-bond donors (Lipinski definition) is 1. The van der Waals surface area contributed by atoms with E-state index in [0.29, 0.717) is 19.4 Å². The molecule has 0 bridgehead atoms. The van der Waals surface area contributed by atoms with Crippen LogP contribution in [0.15, 0.2) is 36.4 Å². The van der Waals surface area contributed by atoms with Crippen LogP contribution in [-0.4, -0.2) is 54.6 Å². The van der Waals surface area contributed by atoms with Gasteiger partial charge >= 0.3 is 6.09 Å². The first kappa shape index (κ1) is 28.5. The van der Waals surface area contributed by atoms with Crippen LogP contribution < -0.4 is 15.0 Å². The largest absolute Gasteiger partial charge is 0.496 e. The Morgan fingerprint density at radius 2 is 1.79 bits per heavy atom. The highest BCUT2D eigenvalue weighted by atomic mass is 16.6. The first-order valence-corrected chi connectivity index (χ1v) is 13.8. The summed E-state index contributed by atoms with van der Waals surface area (Å²) in [6, 6.07) is 10.5. The van der Waals surface area contributed by atoms with Crippen LogP contribution in [0.25, 0.3) is 0 Å².